The van der Waals surface area contributed by atoms with Crippen LogP contribution in [-0.4, -0.2) is 13.9 Å². The summed E-state index contributed by atoms with van der Waals surface area (Å²) in [5.74, 6) is 0.379. The van der Waals surface area contributed by atoms with Gasteiger partial charge in [-0.2, -0.15) is 0 Å². The van der Waals surface area contributed by atoms with Crippen LogP contribution in [0.5, 0.6) is 0 Å². The Hall–Kier alpha value is -0.373. The summed E-state index contributed by atoms with van der Waals surface area (Å²) in [4.78, 5) is 11.2. The summed E-state index contributed by atoms with van der Waals surface area (Å²) in [5.41, 5.74) is 3.41. The van der Waals surface area contributed by atoms with Crippen LogP contribution in [0.1, 0.15) is 33.6 Å². The quantitative estimate of drug-likeness (QED) is 0.464. The molecule has 1 nitrogen and oxygen atoms in total. The maximum atomic E-state index is 11.2. The van der Waals surface area contributed by atoms with Gasteiger partial charge in [0, 0.05) is 6.42 Å². The average molecular weight is 196 g/mol. The first kappa shape index (κ1) is 10.7. The van der Waals surface area contributed by atoms with Crippen molar-refractivity contribution < 1.29 is 4.79 Å². The van der Waals surface area contributed by atoms with E-state index in [-0.39, 0.29) is 0 Å². The Labute approximate surface area is 82.2 Å². The Morgan fingerprint density at radius 3 is 2.00 bits per heavy atom. The van der Waals surface area contributed by atoms with Crippen LogP contribution in [0.25, 0.3) is 0 Å². The van der Waals surface area contributed by atoms with Gasteiger partial charge in [0.15, 0.2) is 5.78 Å². The zero-order valence-corrected chi connectivity index (χ0v) is 10.4. The van der Waals surface area contributed by atoms with Crippen molar-refractivity contribution in [3.63, 3.8) is 0 Å². The van der Waals surface area contributed by atoms with Crippen molar-refractivity contribution in [3.05, 3.63) is 11.3 Å². The number of Topliss-reactive ketones (excluding diaryl/α,β-unsaturated/α-hetero) is 1. The molecule has 0 heterocycles. The molecule has 0 unspecified atom stereocenters. The molecule has 0 N–H and O–H groups in total. The van der Waals surface area contributed by atoms with E-state index in [1.165, 1.54) is 0 Å². The summed E-state index contributed by atoms with van der Waals surface area (Å²) in [6, 6.07) is 0. The van der Waals surface area contributed by atoms with Gasteiger partial charge in [0.25, 0.3) is 0 Å². The van der Waals surface area contributed by atoms with Crippen LogP contribution in [0.4, 0.5) is 0 Å². The van der Waals surface area contributed by atoms with Gasteiger partial charge in [0.05, 0.1) is 8.07 Å². The fourth-order valence-corrected chi connectivity index (χ4v) is 2.79. The van der Waals surface area contributed by atoms with E-state index in [4.69, 9.17) is 0 Å². The van der Waals surface area contributed by atoms with Crippen molar-refractivity contribution in [1.29, 1.82) is 0 Å². The normalized spacial score (nSPS) is 21.9. The fraction of sp³-hybridized carbons (Fsp3) is 0.727. The van der Waals surface area contributed by atoms with E-state index in [2.05, 4.69) is 39.6 Å². The number of ketones is 1. The van der Waals surface area contributed by atoms with Crippen molar-refractivity contribution >= 4 is 13.9 Å². The van der Waals surface area contributed by atoms with Crippen molar-refractivity contribution in [1.82, 2.24) is 0 Å². The molecule has 2 heteroatoms. The number of carbonyl (C=O) groups excluding carboxylic acids is 1. The first-order valence-corrected chi connectivity index (χ1v) is 8.07. The smallest absolute Gasteiger partial charge is 0.158 e. The van der Waals surface area contributed by atoms with Crippen LogP contribution in [0, 0.1) is 0 Å². The monoisotopic (exact) mass is 196 g/mol. The molecule has 1 rings (SSSR count). The second kappa shape index (κ2) is 3.09. The van der Waals surface area contributed by atoms with Crippen LogP contribution in [0.2, 0.25) is 18.1 Å². The molecule has 1 fully saturated rings. The van der Waals surface area contributed by atoms with Crippen LogP contribution < -0.4 is 0 Å². The fourth-order valence-electron chi connectivity index (χ4n) is 1.18. The van der Waals surface area contributed by atoms with E-state index in [0.717, 1.165) is 18.4 Å². The summed E-state index contributed by atoms with van der Waals surface area (Å²) in [6.07, 6.45) is 1.80. The van der Waals surface area contributed by atoms with Gasteiger partial charge in [-0.15, -0.1) is 0 Å². The minimum absolute atomic E-state index is 0.357. The molecule has 0 aromatic heterocycles. The van der Waals surface area contributed by atoms with Gasteiger partial charge < -0.3 is 0 Å². The van der Waals surface area contributed by atoms with Gasteiger partial charge in [0.1, 0.15) is 0 Å². The standard InChI is InChI=1S/C11H20OSi/c1-11(2,3)13(4,5)8-9-6-7-10(9)12/h8H,6-7H2,1-5H3/b9-8-. The first-order chi connectivity index (χ1) is 5.74. The van der Waals surface area contributed by atoms with E-state index < -0.39 is 8.07 Å². The Balaban J connectivity index is 2.83. The van der Waals surface area contributed by atoms with E-state index in [9.17, 15) is 4.79 Å². The molecule has 0 radical (unpaired) electrons. The molecule has 0 aromatic rings. The topological polar surface area (TPSA) is 17.1 Å². The van der Waals surface area contributed by atoms with Gasteiger partial charge in [0.2, 0.25) is 0 Å². The molecule has 1 aliphatic rings. The van der Waals surface area contributed by atoms with Crippen LogP contribution >= 0.6 is 0 Å². The summed E-state index contributed by atoms with van der Waals surface area (Å²) < 4.78 is 0. The van der Waals surface area contributed by atoms with E-state index in [1.807, 2.05) is 0 Å². The Bertz CT molecular complexity index is 256. The van der Waals surface area contributed by atoms with E-state index in [1.54, 1.807) is 0 Å². The maximum Gasteiger partial charge on any atom is 0.158 e. The lowest BCUT2D eigenvalue weighted by Crippen LogP contribution is -2.37. The third-order valence-electron chi connectivity index (χ3n) is 3.45. The summed E-state index contributed by atoms with van der Waals surface area (Å²) >= 11 is 0. The second-order valence-corrected chi connectivity index (χ2v) is 10.8. The van der Waals surface area contributed by atoms with Crippen LogP contribution in [0.15, 0.2) is 11.3 Å². The Morgan fingerprint density at radius 1 is 1.23 bits per heavy atom. The number of carbonyl (C=O) groups is 1. The highest BCUT2D eigenvalue weighted by Crippen LogP contribution is 2.38. The molecule has 0 spiro atoms. The van der Waals surface area contributed by atoms with Crippen molar-refractivity contribution in [2.75, 3.05) is 0 Å². The van der Waals surface area contributed by atoms with Gasteiger partial charge in [-0.1, -0.05) is 39.6 Å². The largest absolute Gasteiger partial charge is 0.295 e. The molecule has 0 bridgehead atoms. The molecule has 1 saturated carbocycles. The predicted molar refractivity (Wildman–Crippen MR) is 59.5 cm³/mol. The van der Waals surface area contributed by atoms with Gasteiger partial charge in [-0.05, 0) is 17.0 Å². The summed E-state index contributed by atoms with van der Waals surface area (Å²) in [6.45, 7) is 11.5. The minimum Gasteiger partial charge on any atom is -0.295 e. The number of hydrogen-bond acceptors (Lipinski definition) is 1. The van der Waals surface area contributed by atoms with Gasteiger partial charge in [-0.3, -0.25) is 4.79 Å². The van der Waals surface area contributed by atoms with Crippen molar-refractivity contribution in [2.24, 2.45) is 0 Å². The third kappa shape index (κ3) is 2.10. The lowest BCUT2D eigenvalue weighted by Gasteiger charge is -2.35. The Kier molecular flexibility index (Phi) is 2.54. The zero-order valence-electron chi connectivity index (χ0n) is 9.40. The van der Waals surface area contributed by atoms with Crippen molar-refractivity contribution in [3.8, 4) is 0 Å². The molecule has 0 saturated heterocycles. The van der Waals surface area contributed by atoms with Gasteiger partial charge >= 0.3 is 0 Å². The zero-order chi connectivity index (χ0) is 10.3. The molecular weight excluding hydrogens is 176 g/mol. The highest BCUT2D eigenvalue weighted by atomic mass is 28.3. The van der Waals surface area contributed by atoms with Gasteiger partial charge in [-0.25, -0.2) is 0 Å². The van der Waals surface area contributed by atoms with E-state index >= 15 is 0 Å². The molecular formula is C11H20OSi. The molecule has 0 aliphatic heterocycles. The highest BCUT2D eigenvalue weighted by Gasteiger charge is 2.35. The molecule has 13 heavy (non-hydrogen) atoms. The van der Waals surface area contributed by atoms with Crippen molar-refractivity contribution in [2.45, 2.75) is 51.7 Å². The van der Waals surface area contributed by atoms with E-state index in [0.29, 0.717) is 10.8 Å². The number of hydrogen-bond donors (Lipinski definition) is 0. The SMILES string of the molecule is CC(C)(C)[Si](C)(C)/C=C1/CCC1=O. The highest BCUT2D eigenvalue weighted by molar-refractivity contribution is 6.85. The number of rotatable bonds is 1. The summed E-state index contributed by atoms with van der Waals surface area (Å²) in [5, 5.41) is 0.357. The maximum absolute atomic E-state index is 11.2. The molecule has 0 amide bonds. The first-order valence-electron chi connectivity index (χ1n) is 4.99. The lowest BCUT2D eigenvalue weighted by molar-refractivity contribution is -0.118. The number of allylic oxidation sites excluding steroid dienone is 1. The van der Waals surface area contributed by atoms with Crippen LogP contribution in [0.3, 0.4) is 0 Å². The second-order valence-electron chi connectivity index (χ2n) is 5.56. The molecule has 1 aliphatic carbocycles. The third-order valence-corrected chi connectivity index (χ3v) is 8.38. The predicted octanol–water partition coefficient (Wildman–Crippen LogP) is 3.32. The Morgan fingerprint density at radius 2 is 1.77 bits per heavy atom. The lowest BCUT2D eigenvalue weighted by atomic mass is 9.93. The average Bonchev–Trinajstić information content (AvgIpc) is 1.95. The molecule has 0 atom stereocenters. The molecule has 74 valence electrons. The molecule has 0 aromatic carbocycles. The minimum atomic E-state index is -1.36. The summed E-state index contributed by atoms with van der Waals surface area (Å²) in [7, 11) is -1.36. The van der Waals surface area contributed by atoms with Crippen LogP contribution in [-0.2, 0) is 4.79 Å².